The Morgan fingerprint density at radius 2 is 1.32 bits per heavy atom. The zero-order valence-corrected chi connectivity index (χ0v) is 10.5. The number of esters is 2. The van der Waals surface area contributed by atoms with Crippen molar-refractivity contribution in [3.05, 3.63) is 47.9 Å². The molecule has 2 rings (SSSR count). The number of rotatable bonds is 2. The lowest BCUT2D eigenvalue weighted by atomic mass is 9.96. The van der Waals surface area contributed by atoms with Gasteiger partial charge in [0.1, 0.15) is 23.7 Å². The lowest BCUT2D eigenvalue weighted by Gasteiger charge is -2.09. The molecular formula is C14H12O5. The molecule has 5 heteroatoms. The molecule has 0 saturated heterocycles. The van der Waals surface area contributed by atoms with Crippen LogP contribution in [0.1, 0.15) is 11.1 Å². The van der Waals surface area contributed by atoms with Gasteiger partial charge < -0.3 is 14.2 Å². The summed E-state index contributed by atoms with van der Waals surface area (Å²) in [6.45, 7) is 0. The first-order chi connectivity index (χ1) is 9.19. The first-order valence-electron chi connectivity index (χ1n) is 5.51. The highest BCUT2D eigenvalue weighted by atomic mass is 16.5. The molecule has 1 aliphatic rings. The Morgan fingerprint density at radius 1 is 0.895 bits per heavy atom. The van der Waals surface area contributed by atoms with E-state index in [-0.39, 0.29) is 11.1 Å². The second kappa shape index (κ2) is 5.39. The Bertz CT molecular complexity index is 532. The van der Waals surface area contributed by atoms with Gasteiger partial charge in [-0.1, -0.05) is 24.3 Å². The van der Waals surface area contributed by atoms with E-state index >= 15 is 0 Å². The molecule has 1 heterocycles. The number of hydrogen-bond donors (Lipinski definition) is 0. The second-order valence-corrected chi connectivity index (χ2v) is 3.73. The van der Waals surface area contributed by atoms with Crippen LogP contribution in [0.3, 0.4) is 0 Å². The van der Waals surface area contributed by atoms with Crippen molar-refractivity contribution in [1.29, 1.82) is 0 Å². The van der Waals surface area contributed by atoms with Crippen molar-refractivity contribution in [2.45, 2.75) is 0 Å². The summed E-state index contributed by atoms with van der Waals surface area (Å²) < 4.78 is 14.5. The summed E-state index contributed by atoms with van der Waals surface area (Å²) in [7, 11) is 2.57. The molecule has 0 aliphatic carbocycles. The lowest BCUT2D eigenvalue weighted by Crippen LogP contribution is -2.08. The minimum absolute atomic E-state index is 0.244. The average Bonchev–Trinajstić information content (AvgIpc) is 2.65. The van der Waals surface area contributed by atoms with Crippen LogP contribution in [0.2, 0.25) is 0 Å². The summed E-state index contributed by atoms with van der Waals surface area (Å²) in [4.78, 5) is 23.4. The van der Waals surface area contributed by atoms with Gasteiger partial charge in [0.25, 0.3) is 0 Å². The maximum Gasteiger partial charge on any atom is 0.341 e. The van der Waals surface area contributed by atoms with Gasteiger partial charge in [-0.2, -0.15) is 0 Å². The molecule has 0 bridgehead atoms. The average molecular weight is 260 g/mol. The minimum Gasteiger partial charge on any atom is -0.471 e. The van der Waals surface area contributed by atoms with Gasteiger partial charge in [0, 0.05) is 11.1 Å². The molecule has 0 atom stereocenters. The Labute approximate surface area is 110 Å². The van der Waals surface area contributed by atoms with Crippen molar-refractivity contribution >= 4 is 23.1 Å². The summed E-state index contributed by atoms with van der Waals surface area (Å²) >= 11 is 0. The van der Waals surface area contributed by atoms with Crippen molar-refractivity contribution in [3.63, 3.8) is 0 Å². The van der Waals surface area contributed by atoms with Crippen LogP contribution in [0.25, 0.3) is 11.1 Å². The third-order valence-electron chi connectivity index (χ3n) is 2.69. The fourth-order valence-corrected chi connectivity index (χ4v) is 1.79. The molecule has 0 spiro atoms. The maximum absolute atomic E-state index is 11.7. The second-order valence-electron chi connectivity index (χ2n) is 3.73. The van der Waals surface area contributed by atoms with Gasteiger partial charge in [-0.25, -0.2) is 9.59 Å². The van der Waals surface area contributed by atoms with E-state index in [2.05, 4.69) is 0 Å². The number of methoxy groups -OCH3 is 2. The van der Waals surface area contributed by atoms with Crippen LogP contribution in [0.4, 0.5) is 0 Å². The van der Waals surface area contributed by atoms with Gasteiger partial charge in [-0.15, -0.1) is 0 Å². The number of carbonyl (C=O) groups excluding carboxylic acids is 2. The highest BCUT2D eigenvalue weighted by molar-refractivity contribution is 6.22. The summed E-state index contributed by atoms with van der Waals surface area (Å²) in [5.74, 6) is -1.07. The molecule has 5 nitrogen and oxygen atoms in total. The van der Waals surface area contributed by atoms with Gasteiger partial charge in [0.15, 0.2) is 0 Å². The number of benzene rings is 1. The lowest BCUT2D eigenvalue weighted by molar-refractivity contribution is -0.134. The molecular weight excluding hydrogens is 248 g/mol. The zero-order chi connectivity index (χ0) is 13.8. The van der Waals surface area contributed by atoms with Crippen molar-refractivity contribution in [2.24, 2.45) is 0 Å². The summed E-state index contributed by atoms with van der Waals surface area (Å²) in [5, 5.41) is 0. The van der Waals surface area contributed by atoms with Crippen molar-refractivity contribution in [1.82, 2.24) is 0 Å². The van der Waals surface area contributed by atoms with Crippen molar-refractivity contribution in [2.75, 3.05) is 14.2 Å². The molecule has 98 valence electrons. The Balaban J connectivity index is 2.57. The fraction of sp³-hybridized carbons (Fsp3) is 0.143. The Kier molecular flexibility index (Phi) is 3.66. The Hall–Kier alpha value is -2.56. The highest BCUT2D eigenvalue weighted by Crippen LogP contribution is 2.29. The van der Waals surface area contributed by atoms with E-state index in [1.54, 1.807) is 24.3 Å². The third-order valence-corrected chi connectivity index (χ3v) is 2.69. The van der Waals surface area contributed by atoms with E-state index in [0.717, 1.165) is 0 Å². The zero-order valence-electron chi connectivity index (χ0n) is 10.5. The first kappa shape index (κ1) is 12.9. The first-order valence-corrected chi connectivity index (χ1v) is 5.51. The molecule has 0 N–H and O–H groups in total. The van der Waals surface area contributed by atoms with Gasteiger partial charge in [-0.05, 0) is 0 Å². The smallest absolute Gasteiger partial charge is 0.341 e. The molecule has 1 aromatic carbocycles. The molecule has 0 unspecified atom stereocenters. The van der Waals surface area contributed by atoms with E-state index in [0.29, 0.717) is 11.1 Å². The quantitative estimate of drug-likeness (QED) is 0.758. The number of carbonyl (C=O) groups is 2. The van der Waals surface area contributed by atoms with Gasteiger partial charge in [-0.3, -0.25) is 0 Å². The summed E-state index contributed by atoms with van der Waals surface area (Å²) in [6.07, 6.45) is 2.50. The van der Waals surface area contributed by atoms with Crippen LogP contribution in [0, 0.1) is 0 Å². The van der Waals surface area contributed by atoms with Crippen LogP contribution in [0.5, 0.6) is 0 Å². The third kappa shape index (κ3) is 2.35. The summed E-state index contributed by atoms with van der Waals surface area (Å²) in [5.41, 5.74) is 1.61. The van der Waals surface area contributed by atoms with E-state index in [9.17, 15) is 9.59 Å². The molecule has 0 amide bonds. The van der Waals surface area contributed by atoms with E-state index in [1.165, 1.54) is 26.7 Å². The van der Waals surface area contributed by atoms with Gasteiger partial charge in [0.2, 0.25) is 0 Å². The molecule has 0 aromatic heterocycles. The van der Waals surface area contributed by atoms with E-state index in [4.69, 9.17) is 14.2 Å². The normalized spacial score (nSPS) is 13.2. The topological polar surface area (TPSA) is 61.8 Å². The number of fused-ring (bicyclic) bond motifs is 1. The van der Waals surface area contributed by atoms with Gasteiger partial charge >= 0.3 is 11.9 Å². The molecule has 1 aliphatic heterocycles. The molecule has 19 heavy (non-hydrogen) atoms. The van der Waals surface area contributed by atoms with Gasteiger partial charge in [0.05, 0.1) is 14.2 Å². The maximum atomic E-state index is 11.7. The van der Waals surface area contributed by atoms with Crippen molar-refractivity contribution in [3.8, 4) is 0 Å². The largest absolute Gasteiger partial charge is 0.471 e. The monoisotopic (exact) mass is 260 g/mol. The van der Waals surface area contributed by atoms with Crippen LogP contribution in [0.15, 0.2) is 36.8 Å². The van der Waals surface area contributed by atoms with Crippen LogP contribution in [-0.2, 0) is 23.8 Å². The predicted octanol–water partition coefficient (Wildman–Crippen LogP) is 1.74. The van der Waals surface area contributed by atoms with Crippen LogP contribution < -0.4 is 0 Å². The minimum atomic E-state index is -0.535. The number of hydrogen-bond acceptors (Lipinski definition) is 5. The molecule has 0 radical (unpaired) electrons. The fourth-order valence-electron chi connectivity index (χ4n) is 1.79. The van der Waals surface area contributed by atoms with E-state index in [1.807, 2.05) is 0 Å². The standard InChI is InChI=1S/C14H12O5/c1-17-13(15)11-7-19-8-12(14(16)18-2)10-6-4-3-5-9(10)11/h3-8H,1-2H3. The SMILES string of the molecule is COC(=O)C1=COC=C(C(=O)OC)c2ccccc21. The Morgan fingerprint density at radius 3 is 1.68 bits per heavy atom. The molecule has 1 aromatic rings. The highest BCUT2D eigenvalue weighted by Gasteiger charge is 2.24. The van der Waals surface area contributed by atoms with Crippen molar-refractivity contribution < 1.29 is 23.8 Å². The predicted molar refractivity (Wildman–Crippen MR) is 67.5 cm³/mol. The molecule has 0 fully saturated rings. The van der Waals surface area contributed by atoms with Crippen LogP contribution >= 0.6 is 0 Å². The van der Waals surface area contributed by atoms with E-state index < -0.39 is 11.9 Å². The number of ether oxygens (including phenoxy) is 3. The van der Waals surface area contributed by atoms with Crippen LogP contribution in [-0.4, -0.2) is 26.2 Å². The molecule has 0 saturated carbocycles. The summed E-state index contributed by atoms with van der Waals surface area (Å²) in [6, 6.07) is 6.94.